The van der Waals surface area contributed by atoms with Crippen LogP contribution in [0.2, 0.25) is 0 Å². The molecule has 0 radical (unpaired) electrons. The summed E-state index contributed by atoms with van der Waals surface area (Å²) < 4.78 is 2.46. The molecule has 2 rings (SSSR count). The Labute approximate surface area is 132 Å². The first kappa shape index (κ1) is 14.8. The Hall–Kier alpha value is 0.360. The highest BCUT2D eigenvalue weighted by Crippen LogP contribution is 2.63. The Morgan fingerprint density at radius 2 is 1.33 bits per heavy atom. The van der Waals surface area contributed by atoms with Crippen molar-refractivity contribution in [2.24, 2.45) is 0 Å². The average Bonchev–Trinajstić information content (AvgIpc) is 2.48. The summed E-state index contributed by atoms with van der Waals surface area (Å²) in [5, 5.41) is -0.815. The summed E-state index contributed by atoms with van der Waals surface area (Å²) in [6.45, 7) is 3.49. The summed E-state index contributed by atoms with van der Waals surface area (Å²) in [5.41, 5.74) is -0.291. The monoisotopic (exact) mass is 368 g/mol. The van der Waals surface area contributed by atoms with Gasteiger partial charge in [-0.15, -0.1) is 0 Å². The number of hydrogen-bond acceptors (Lipinski definition) is 3. The quantitative estimate of drug-likeness (QED) is 0.284. The van der Waals surface area contributed by atoms with Gasteiger partial charge in [0.05, 0.1) is 10.1 Å². The zero-order valence-electron chi connectivity index (χ0n) is 8.20. The number of hydrogen-bond donors (Lipinski definition) is 0. The van der Waals surface area contributed by atoms with Gasteiger partial charge in [0.1, 0.15) is 0 Å². The molecule has 1 aliphatic heterocycles. The molecule has 0 aromatic rings. The Balaban J connectivity index is 2.88. The highest BCUT2D eigenvalue weighted by Gasteiger charge is 2.76. The van der Waals surface area contributed by atoms with Crippen LogP contribution < -0.4 is 0 Å². The van der Waals surface area contributed by atoms with Crippen LogP contribution in [0.25, 0.3) is 0 Å². The first-order chi connectivity index (χ1) is 8.02. The summed E-state index contributed by atoms with van der Waals surface area (Å²) in [6, 6.07) is 0. The lowest BCUT2D eigenvalue weighted by Crippen LogP contribution is -2.57. The minimum absolute atomic E-state index is 0.291. The van der Waals surface area contributed by atoms with Gasteiger partial charge in [0.2, 0.25) is 9.75 Å². The zero-order chi connectivity index (χ0) is 14.1. The number of cyclic esters (lactones) is 2. The molecule has 0 amide bonds. The van der Waals surface area contributed by atoms with E-state index in [4.69, 9.17) is 69.6 Å². The van der Waals surface area contributed by atoms with Crippen molar-refractivity contribution in [3.8, 4) is 0 Å². The molecule has 2 atom stereocenters. The summed E-state index contributed by atoms with van der Waals surface area (Å²) >= 11 is 35.7. The standard InChI is InChI=1S/C9H2Cl6O3/c1-2-7(12)5(16)18-6(17)8(7,13)3(10)4(11)9(2,14)15/h1H2. The fourth-order valence-electron chi connectivity index (χ4n) is 1.72. The van der Waals surface area contributed by atoms with Crippen molar-refractivity contribution in [2.75, 3.05) is 0 Å². The second-order valence-corrected chi connectivity index (χ2v) is 6.89. The van der Waals surface area contributed by atoms with Gasteiger partial charge in [0.15, 0.2) is 4.33 Å². The van der Waals surface area contributed by atoms with Gasteiger partial charge in [-0.1, -0.05) is 76.2 Å². The van der Waals surface area contributed by atoms with Crippen molar-refractivity contribution >= 4 is 81.5 Å². The predicted molar refractivity (Wildman–Crippen MR) is 70.6 cm³/mol. The third-order valence-corrected chi connectivity index (χ3v) is 6.34. The molecule has 0 aromatic heterocycles. The smallest absolute Gasteiger partial charge is 0.343 e. The van der Waals surface area contributed by atoms with E-state index >= 15 is 0 Å². The van der Waals surface area contributed by atoms with Crippen LogP contribution >= 0.6 is 69.6 Å². The van der Waals surface area contributed by atoms with E-state index in [-0.39, 0.29) is 10.6 Å². The van der Waals surface area contributed by atoms with Crippen molar-refractivity contribution in [3.63, 3.8) is 0 Å². The van der Waals surface area contributed by atoms with Gasteiger partial charge in [0, 0.05) is 0 Å². The molecule has 0 aromatic carbocycles. The lowest BCUT2D eigenvalue weighted by atomic mass is 9.79. The first-order valence-corrected chi connectivity index (χ1v) is 6.57. The van der Waals surface area contributed by atoms with Crippen molar-refractivity contribution in [3.05, 3.63) is 22.2 Å². The minimum atomic E-state index is -2.21. The van der Waals surface area contributed by atoms with E-state index in [1.807, 2.05) is 0 Å². The Morgan fingerprint density at radius 1 is 0.889 bits per heavy atom. The Kier molecular flexibility index (Phi) is 3.23. The molecule has 1 saturated heterocycles. The number of fused-ring (bicyclic) bond motifs is 1. The fourth-order valence-corrected chi connectivity index (χ4v) is 3.77. The maximum atomic E-state index is 11.7. The maximum absolute atomic E-state index is 11.7. The molecule has 0 N–H and O–H groups in total. The molecule has 0 saturated carbocycles. The van der Waals surface area contributed by atoms with Gasteiger partial charge < -0.3 is 4.74 Å². The summed E-state index contributed by atoms with van der Waals surface area (Å²) in [5.74, 6) is -2.31. The van der Waals surface area contributed by atoms with Gasteiger partial charge >= 0.3 is 11.9 Å². The van der Waals surface area contributed by atoms with Crippen LogP contribution in [0.3, 0.4) is 0 Å². The van der Waals surface area contributed by atoms with E-state index in [2.05, 4.69) is 11.3 Å². The topological polar surface area (TPSA) is 43.4 Å². The normalized spacial score (nSPS) is 38.9. The zero-order valence-corrected chi connectivity index (χ0v) is 12.7. The number of esters is 2. The van der Waals surface area contributed by atoms with Gasteiger partial charge in [-0.25, -0.2) is 9.59 Å². The fraction of sp³-hybridized carbons (Fsp3) is 0.333. The second-order valence-electron chi connectivity index (χ2n) is 3.67. The molecule has 18 heavy (non-hydrogen) atoms. The highest BCUT2D eigenvalue weighted by atomic mass is 35.5. The lowest BCUT2D eigenvalue weighted by molar-refractivity contribution is -0.152. The van der Waals surface area contributed by atoms with Gasteiger partial charge in [0.25, 0.3) is 0 Å². The Bertz CT molecular complexity index is 538. The van der Waals surface area contributed by atoms with Crippen LogP contribution in [0.4, 0.5) is 0 Å². The van der Waals surface area contributed by atoms with Gasteiger partial charge in [-0.05, 0) is 5.57 Å². The minimum Gasteiger partial charge on any atom is -0.390 e. The van der Waals surface area contributed by atoms with E-state index in [0.717, 1.165) is 0 Å². The molecule has 1 fully saturated rings. The molecule has 1 heterocycles. The third kappa shape index (κ3) is 1.36. The van der Waals surface area contributed by atoms with Crippen LogP contribution in [-0.4, -0.2) is 26.0 Å². The summed E-state index contributed by atoms with van der Waals surface area (Å²) in [4.78, 5) is 19.0. The van der Waals surface area contributed by atoms with E-state index in [0.29, 0.717) is 0 Å². The van der Waals surface area contributed by atoms with Crippen LogP contribution in [0.1, 0.15) is 0 Å². The molecule has 2 aliphatic rings. The first-order valence-electron chi connectivity index (χ1n) is 4.30. The number of carbonyl (C=O) groups excluding carboxylic acids is 2. The number of halogens is 6. The summed E-state index contributed by atoms with van der Waals surface area (Å²) in [7, 11) is 0. The molecular weight excluding hydrogens is 369 g/mol. The van der Waals surface area contributed by atoms with Crippen molar-refractivity contribution in [2.45, 2.75) is 14.1 Å². The maximum Gasteiger partial charge on any atom is 0.343 e. The average molecular weight is 371 g/mol. The molecule has 0 spiro atoms. The van der Waals surface area contributed by atoms with Gasteiger partial charge in [-0.3, -0.25) is 0 Å². The SMILES string of the molecule is C=C1C(Cl)(Cl)C(Cl)=C(Cl)C2(Cl)C(=O)OC(=O)C12Cl. The largest absolute Gasteiger partial charge is 0.390 e. The highest BCUT2D eigenvalue weighted by molar-refractivity contribution is 6.66. The van der Waals surface area contributed by atoms with Crippen molar-refractivity contribution < 1.29 is 14.3 Å². The van der Waals surface area contributed by atoms with Crippen LogP contribution in [0.15, 0.2) is 22.2 Å². The molecule has 2 unspecified atom stereocenters. The summed E-state index contributed by atoms with van der Waals surface area (Å²) in [6.07, 6.45) is 0. The lowest BCUT2D eigenvalue weighted by Gasteiger charge is -2.41. The molecule has 98 valence electrons. The van der Waals surface area contributed by atoms with Crippen LogP contribution in [-0.2, 0) is 14.3 Å². The molecule has 9 heteroatoms. The number of alkyl halides is 4. The number of carbonyl (C=O) groups is 2. The van der Waals surface area contributed by atoms with Crippen LogP contribution in [0.5, 0.6) is 0 Å². The van der Waals surface area contributed by atoms with Crippen molar-refractivity contribution in [1.82, 2.24) is 0 Å². The number of ether oxygens (including phenoxy) is 1. The van der Waals surface area contributed by atoms with E-state index < -0.39 is 31.1 Å². The van der Waals surface area contributed by atoms with E-state index in [9.17, 15) is 9.59 Å². The molecular formula is C9H2Cl6O3. The third-order valence-electron chi connectivity index (χ3n) is 2.79. The molecule has 3 nitrogen and oxygen atoms in total. The van der Waals surface area contributed by atoms with Gasteiger partial charge in [-0.2, -0.15) is 0 Å². The second kappa shape index (κ2) is 3.94. The molecule has 0 bridgehead atoms. The number of rotatable bonds is 0. The van der Waals surface area contributed by atoms with E-state index in [1.165, 1.54) is 0 Å². The molecule has 1 aliphatic carbocycles. The predicted octanol–water partition coefficient (Wildman–Crippen LogP) is 3.46. The Morgan fingerprint density at radius 3 is 1.83 bits per heavy atom. The van der Waals surface area contributed by atoms with Crippen LogP contribution in [0, 0.1) is 0 Å². The number of allylic oxidation sites excluding steroid dienone is 1. The van der Waals surface area contributed by atoms with E-state index in [1.54, 1.807) is 0 Å². The van der Waals surface area contributed by atoms with Crippen molar-refractivity contribution in [1.29, 1.82) is 0 Å².